The molecule has 3 nitrogen and oxygen atoms in total. The molecule has 0 saturated heterocycles. The van der Waals surface area contributed by atoms with Crippen LogP contribution in [0.4, 0.5) is 0 Å². The number of hydrogen-bond donors (Lipinski definition) is 2. The Hall–Kier alpha value is -1.06. The van der Waals surface area contributed by atoms with E-state index in [-0.39, 0.29) is 18.3 Å². The van der Waals surface area contributed by atoms with Crippen LogP contribution in [-0.2, 0) is 11.2 Å². The maximum absolute atomic E-state index is 11.6. The number of carbonyl (C=O) groups excluding carboxylic acids is 1. The van der Waals surface area contributed by atoms with Gasteiger partial charge in [-0.2, -0.15) is 0 Å². The molecule has 0 aliphatic heterocycles. The standard InChI is InChI=1S/C13H20N2O.ClH/c1-10(2)9-15-13(16)12(14)8-11-6-4-3-5-7-11;/h3-7,10,12H,8-9,14H2,1-2H3,(H,15,16);1H. The van der Waals surface area contributed by atoms with Gasteiger partial charge in [-0.1, -0.05) is 44.2 Å². The molecule has 0 fully saturated rings. The summed E-state index contributed by atoms with van der Waals surface area (Å²) >= 11 is 0. The highest BCUT2D eigenvalue weighted by molar-refractivity contribution is 5.85. The lowest BCUT2D eigenvalue weighted by Crippen LogP contribution is -2.43. The number of amides is 1. The van der Waals surface area contributed by atoms with E-state index >= 15 is 0 Å². The molecule has 0 saturated carbocycles. The molecule has 1 amide bonds. The fourth-order valence-corrected chi connectivity index (χ4v) is 1.40. The predicted octanol–water partition coefficient (Wildman–Crippen LogP) is 1.75. The van der Waals surface area contributed by atoms with Crippen molar-refractivity contribution in [1.82, 2.24) is 5.32 Å². The summed E-state index contributed by atoms with van der Waals surface area (Å²) < 4.78 is 0. The van der Waals surface area contributed by atoms with Crippen molar-refractivity contribution >= 4 is 18.3 Å². The Morgan fingerprint density at radius 2 is 1.88 bits per heavy atom. The molecule has 0 aromatic heterocycles. The zero-order chi connectivity index (χ0) is 12.0. The minimum absolute atomic E-state index is 0. The number of hydrogen-bond acceptors (Lipinski definition) is 2. The molecule has 0 heterocycles. The van der Waals surface area contributed by atoms with Crippen molar-refractivity contribution in [2.24, 2.45) is 11.7 Å². The van der Waals surface area contributed by atoms with Gasteiger partial charge >= 0.3 is 0 Å². The maximum Gasteiger partial charge on any atom is 0.237 e. The Bertz CT molecular complexity index is 327. The van der Waals surface area contributed by atoms with E-state index in [4.69, 9.17) is 5.73 Å². The van der Waals surface area contributed by atoms with Crippen LogP contribution in [0.2, 0.25) is 0 Å². The summed E-state index contributed by atoms with van der Waals surface area (Å²) in [6.45, 7) is 4.80. The van der Waals surface area contributed by atoms with E-state index in [1.165, 1.54) is 0 Å². The van der Waals surface area contributed by atoms with Crippen molar-refractivity contribution in [3.8, 4) is 0 Å². The van der Waals surface area contributed by atoms with Crippen LogP contribution >= 0.6 is 12.4 Å². The van der Waals surface area contributed by atoms with Gasteiger partial charge in [-0.05, 0) is 17.9 Å². The normalized spacial score (nSPS) is 11.8. The molecule has 1 unspecified atom stereocenters. The number of nitrogens with two attached hydrogens (primary N) is 1. The van der Waals surface area contributed by atoms with Crippen LogP contribution in [-0.4, -0.2) is 18.5 Å². The van der Waals surface area contributed by atoms with E-state index in [1.807, 2.05) is 30.3 Å². The largest absolute Gasteiger partial charge is 0.354 e. The monoisotopic (exact) mass is 256 g/mol. The molecular weight excluding hydrogens is 236 g/mol. The first-order valence-corrected chi connectivity index (χ1v) is 5.67. The highest BCUT2D eigenvalue weighted by Gasteiger charge is 2.13. The molecular formula is C13H21ClN2O. The van der Waals surface area contributed by atoms with Gasteiger partial charge in [0.05, 0.1) is 6.04 Å². The van der Waals surface area contributed by atoms with Crippen molar-refractivity contribution in [2.75, 3.05) is 6.54 Å². The minimum Gasteiger partial charge on any atom is -0.354 e. The van der Waals surface area contributed by atoms with E-state index < -0.39 is 6.04 Å². The van der Waals surface area contributed by atoms with Crippen LogP contribution in [0.25, 0.3) is 0 Å². The SMILES string of the molecule is CC(C)CNC(=O)C(N)Cc1ccccc1.Cl. The smallest absolute Gasteiger partial charge is 0.237 e. The van der Waals surface area contributed by atoms with Gasteiger partial charge in [-0.15, -0.1) is 12.4 Å². The summed E-state index contributed by atoms with van der Waals surface area (Å²) in [4.78, 5) is 11.6. The molecule has 96 valence electrons. The predicted molar refractivity (Wildman–Crippen MR) is 73.2 cm³/mol. The summed E-state index contributed by atoms with van der Waals surface area (Å²) in [7, 11) is 0. The molecule has 1 aromatic rings. The maximum atomic E-state index is 11.6. The second kappa shape index (κ2) is 8.09. The second-order valence-electron chi connectivity index (χ2n) is 4.44. The lowest BCUT2D eigenvalue weighted by molar-refractivity contribution is -0.122. The second-order valence-corrected chi connectivity index (χ2v) is 4.44. The minimum atomic E-state index is -0.457. The quantitative estimate of drug-likeness (QED) is 0.843. The van der Waals surface area contributed by atoms with E-state index in [1.54, 1.807) is 0 Å². The Labute approximate surface area is 109 Å². The van der Waals surface area contributed by atoms with Gasteiger partial charge < -0.3 is 11.1 Å². The van der Waals surface area contributed by atoms with Crippen molar-refractivity contribution in [3.63, 3.8) is 0 Å². The van der Waals surface area contributed by atoms with Crippen LogP contribution < -0.4 is 11.1 Å². The fraction of sp³-hybridized carbons (Fsp3) is 0.462. The highest BCUT2D eigenvalue weighted by atomic mass is 35.5. The molecule has 0 aliphatic rings. The first kappa shape index (κ1) is 15.9. The molecule has 0 aliphatic carbocycles. The van der Waals surface area contributed by atoms with Gasteiger partial charge in [0.1, 0.15) is 0 Å². The molecule has 1 atom stereocenters. The average molecular weight is 257 g/mol. The van der Waals surface area contributed by atoms with E-state index in [0.717, 1.165) is 5.56 Å². The summed E-state index contributed by atoms with van der Waals surface area (Å²) in [6, 6.07) is 9.36. The third-order valence-electron chi connectivity index (χ3n) is 2.32. The van der Waals surface area contributed by atoms with Gasteiger partial charge in [0.2, 0.25) is 5.91 Å². The molecule has 17 heavy (non-hydrogen) atoms. The first-order chi connectivity index (χ1) is 7.59. The van der Waals surface area contributed by atoms with Crippen molar-refractivity contribution in [2.45, 2.75) is 26.3 Å². The summed E-state index contributed by atoms with van der Waals surface area (Å²) in [6.07, 6.45) is 0.588. The molecule has 4 heteroatoms. The van der Waals surface area contributed by atoms with Crippen LogP contribution in [0, 0.1) is 5.92 Å². The molecule has 0 radical (unpaired) electrons. The molecule has 1 aromatic carbocycles. The van der Waals surface area contributed by atoms with Crippen LogP contribution in [0.15, 0.2) is 30.3 Å². The number of benzene rings is 1. The third kappa shape index (κ3) is 6.29. The Balaban J connectivity index is 0.00000256. The van der Waals surface area contributed by atoms with Crippen molar-refractivity contribution < 1.29 is 4.79 Å². The first-order valence-electron chi connectivity index (χ1n) is 5.67. The van der Waals surface area contributed by atoms with Gasteiger partial charge in [-0.3, -0.25) is 4.79 Å². The highest BCUT2D eigenvalue weighted by Crippen LogP contribution is 2.01. The van der Waals surface area contributed by atoms with E-state index in [9.17, 15) is 4.79 Å². The van der Waals surface area contributed by atoms with Gasteiger partial charge in [0, 0.05) is 6.54 Å². The van der Waals surface area contributed by atoms with Crippen LogP contribution in [0.1, 0.15) is 19.4 Å². The Morgan fingerprint density at radius 3 is 2.41 bits per heavy atom. The lowest BCUT2D eigenvalue weighted by Gasteiger charge is -2.13. The zero-order valence-corrected chi connectivity index (χ0v) is 11.2. The van der Waals surface area contributed by atoms with Crippen molar-refractivity contribution in [1.29, 1.82) is 0 Å². The summed E-state index contributed by atoms with van der Waals surface area (Å²) in [5.74, 6) is 0.380. The van der Waals surface area contributed by atoms with Crippen LogP contribution in [0.5, 0.6) is 0 Å². The zero-order valence-electron chi connectivity index (χ0n) is 10.3. The fourth-order valence-electron chi connectivity index (χ4n) is 1.40. The average Bonchev–Trinajstić information content (AvgIpc) is 2.27. The van der Waals surface area contributed by atoms with Gasteiger partial charge in [-0.25, -0.2) is 0 Å². The topological polar surface area (TPSA) is 55.1 Å². The third-order valence-corrected chi connectivity index (χ3v) is 2.32. The van der Waals surface area contributed by atoms with E-state index in [2.05, 4.69) is 19.2 Å². The lowest BCUT2D eigenvalue weighted by atomic mass is 10.1. The number of nitrogens with one attached hydrogen (secondary N) is 1. The summed E-state index contributed by atoms with van der Waals surface area (Å²) in [5.41, 5.74) is 6.92. The summed E-state index contributed by atoms with van der Waals surface area (Å²) in [5, 5.41) is 2.84. The van der Waals surface area contributed by atoms with Gasteiger partial charge in [0.25, 0.3) is 0 Å². The van der Waals surface area contributed by atoms with Crippen molar-refractivity contribution in [3.05, 3.63) is 35.9 Å². The Morgan fingerprint density at radius 1 is 1.29 bits per heavy atom. The number of halogens is 1. The van der Waals surface area contributed by atoms with Crippen LogP contribution in [0.3, 0.4) is 0 Å². The molecule has 1 rings (SSSR count). The van der Waals surface area contributed by atoms with Gasteiger partial charge in [0.15, 0.2) is 0 Å². The molecule has 3 N–H and O–H groups in total. The van der Waals surface area contributed by atoms with E-state index in [0.29, 0.717) is 18.9 Å². The molecule has 0 bridgehead atoms. The number of rotatable bonds is 5. The Kier molecular flexibility index (Phi) is 7.59. The molecule has 0 spiro atoms. The number of carbonyl (C=O) groups is 1.